The molecule has 13 heavy (non-hydrogen) atoms. The van der Waals surface area contributed by atoms with E-state index < -0.39 is 0 Å². The molecule has 0 unspecified atom stereocenters. The highest BCUT2D eigenvalue weighted by Gasteiger charge is 2.02. The molecule has 66 valence electrons. The van der Waals surface area contributed by atoms with Gasteiger partial charge in [-0.2, -0.15) is 0 Å². The summed E-state index contributed by atoms with van der Waals surface area (Å²) in [5, 5.41) is 16.9. The van der Waals surface area contributed by atoms with Crippen LogP contribution in [0.5, 0.6) is 5.75 Å². The fourth-order valence-electron chi connectivity index (χ4n) is 0.991. The molecule has 0 fully saturated rings. The van der Waals surface area contributed by atoms with E-state index in [0.717, 1.165) is 5.69 Å². The van der Waals surface area contributed by atoms with Gasteiger partial charge in [-0.05, 0) is 24.3 Å². The van der Waals surface area contributed by atoms with Crippen LogP contribution in [0.2, 0.25) is 5.15 Å². The summed E-state index contributed by atoms with van der Waals surface area (Å²) in [5.74, 6) is 0.208. The minimum Gasteiger partial charge on any atom is -0.508 e. The molecule has 0 atom stereocenters. The second-order valence-electron chi connectivity index (χ2n) is 2.48. The summed E-state index contributed by atoms with van der Waals surface area (Å²) in [4.78, 5) is 0. The smallest absolute Gasteiger partial charge is 0.153 e. The molecule has 0 aliphatic carbocycles. The number of hydrogen-bond acceptors (Lipinski definition) is 3. The molecule has 2 aromatic rings. The van der Waals surface area contributed by atoms with Gasteiger partial charge in [-0.15, -0.1) is 5.10 Å². The van der Waals surface area contributed by atoms with Crippen LogP contribution in [0.3, 0.4) is 0 Å². The van der Waals surface area contributed by atoms with E-state index in [1.807, 2.05) is 0 Å². The van der Waals surface area contributed by atoms with Gasteiger partial charge >= 0.3 is 0 Å². The number of aromatic hydroxyl groups is 1. The third-order valence-corrected chi connectivity index (χ3v) is 1.86. The number of phenolic OH excluding ortho intramolecular Hbond substituents is 1. The number of hydrogen-bond donors (Lipinski definition) is 1. The minimum atomic E-state index is 0.208. The zero-order valence-electron chi connectivity index (χ0n) is 6.55. The van der Waals surface area contributed by atoms with Crippen molar-refractivity contribution in [1.29, 1.82) is 0 Å². The summed E-state index contributed by atoms with van der Waals surface area (Å²) in [7, 11) is 0. The Morgan fingerprint density at radius 1 is 1.23 bits per heavy atom. The van der Waals surface area contributed by atoms with E-state index >= 15 is 0 Å². The molecular formula is C8H6ClN3O. The van der Waals surface area contributed by atoms with Crippen LogP contribution >= 0.6 is 11.6 Å². The Hall–Kier alpha value is -1.55. The lowest BCUT2D eigenvalue weighted by molar-refractivity contribution is 0.475. The van der Waals surface area contributed by atoms with E-state index in [1.54, 1.807) is 24.3 Å². The van der Waals surface area contributed by atoms with Crippen LogP contribution in [-0.4, -0.2) is 20.1 Å². The van der Waals surface area contributed by atoms with Gasteiger partial charge in [0.15, 0.2) is 5.15 Å². The predicted molar refractivity (Wildman–Crippen MR) is 48.0 cm³/mol. The third kappa shape index (κ3) is 1.48. The summed E-state index contributed by atoms with van der Waals surface area (Å²) < 4.78 is 1.47. The summed E-state index contributed by atoms with van der Waals surface area (Å²) in [5.41, 5.74) is 0.764. The first kappa shape index (κ1) is 8.07. The molecule has 0 amide bonds. The van der Waals surface area contributed by atoms with E-state index in [2.05, 4.69) is 10.3 Å². The maximum Gasteiger partial charge on any atom is 0.153 e. The van der Waals surface area contributed by atoms with Crippen molar-refractivity contribution in [3.05, 3.63) is 35.6 Å². The fourth-order valence-corrected chi connectivity index (χ4v) is 1.17. The van der Waals surface area contributed by atoms with Crippen LogP contribution in [0.1, 0.15) is 0 Å². The van der Waals surface area contributed by atoms with Crippen molar-refractivity contribution >= 4 is 11.6 Å². The maximum atomic E-state index is 9.05. The molecule has 4 nitrogen and oxygen atoms in total. The molecular weight excluding hydrogens is 190 g/mol. The van der Waals surface area contributed by atoms with Gasteiger partial charge in [-0.25, -0.2) is 4.68 Å². The molecule has 0 bridgehead atoms. The van der Waals surface area contributed by atoms with Gasteiger partial charge in [0.1, 0.15) is 5.75 Å². The van der Waals surface area contributed by atoms with Crippen LogP contribution in [0.4, 0.5) is 0 Å². The molecule has 0 spiro atoms. The minimum absolute atomic E-state index is 0.208. The highest BCUT2D eigenvalue weighted by Crippen LogP contribution is 2.16. The second-order valence-corrected chi connectivity index (χ2v) is 2.87. The Morgan fingerprint density at radius 2 is 1.92 bits per heavy atom. The Morgan fingerprint density at radius 3 is 2.46 bits per heavy atom. The van der Waals surface area contributed by atoms with Crippen LogP contribution in [-0.2, 0) is 0 Å². The first-order valence-corrected chi connectivity index (χ1v) is 4.01. The molecule has 0 aliphatic rings. The quantitative estimate of drug-likeness (QED) is 0.753. The van der Waals surface area contributed by atoms with Crippen molar-refractivity contribution in [1.82, 2.24) is 15.0 Å². The van der Waals surface area contributed by atoms with Crippen molar-refractivity contribution in [3.63, 3.8) is 0 Å². The molecule has 1 heterocycles. The Labute approximate surface area is 79.4 Å². The molecule has 1 aromatic heterocycles. The molecule has 0 saturated carbocycles. The topological polar surface area (TPSA) is 50.9 Å². The summed E-state index contributed by atoms with van der Waals surface area (Å²) in [6.45, 7) is 0. The van der Waals surface area contributed by atoms with E-state index in [-0.39, 0.29) is 5.75 Å². The maximum absolute atomic E-state index is 9.05. The van der Waals surface area contributed by atoms with Crippen molar-refractivity contribution in [2.24, 2.45) is 0 Å². The summed E-state index contributed by atoms with van der Waals surface area (Å²) >= 11 is 5.79. The monoisotopic (exact) mass is 195 g/mol. The van der Waals surface area contributed by atoms with Gasteiger partial charge in [-0.1, -0.05) is 16.8 Å². The molecule has 1 N–H and O–H groups in total. The molecule has 0 aliphatic heterocycles. The van der Waals surface area contributed by atoms with Crippen molar-refractivity contribution in [2.45, 2.75) is 0 Å². The van der Waals surface area contributed by atoms with Crippen LogP contribution in [0, 0.1) is 0 Å². The average molecular weight is 196 g/mol. The number of halogens is 1. The second kappa shape index (κ2) is 3.06. The number of benzene rings is 1. The van der Waals surface area contributed by atoms with Crippen molar-refractivity contribution in [2.75, 3.05) is 0 Å². The lowest BCUT2D eigenvalue weighted by atomic mass is 10.3. The van der Waals surface area contributed by atoms with Gasteiger partial charge in [0.2, 0.25) is 0 Å². The van der Waals surface area contributed by atoms with Gasteiger partial charge in [0.25, 0.3) is 0 Å². The highest BCUT2D eigenvalue weighted by atomic mass is 35.5. The predicted octanol–water partition coefficient (Wildman–Crippen LogP) is 1.63. The molecule has 2 rings (SSSR count). The van der Waals surface area contributed by atoms with Crippen LogP contribution < -0.4 is 0 Å². The van der Waals surface area contributed by atoms with E-state index in [9.17, 15) is 0 Å². The Balaban J connectivity index is 2.47. The van der Waals surface area contributed by atoms with Gasteiger partial charge in [0, 0.05) is 0 Å². The van der Waals surface area contributed by atoms with E-state index in [1.165, 1.54) is 10.9 Å². The standard InChI is InChI=1S/C8H6ClN3O/c9-8-5-10-11-12(8)6-1-3-7(13)4-2-6/h1-5,13H. The van der Waals surface area contributed by atoms with Crippen LogP contribution in [0.15, 0.2) is 30.5 Å². The van der Waals surface area contributed by atoms with Crippen molar-refractivity contribution in [3.8, 4) is 11.4 Å². The molecule has 1 aromatic carbocycles. The fraction of sp³-hybridized carbons (Fsp3) is 0. The van der Waals surface area contributed by atoms with Gasteiger partial charge in [0.05, 0.1) is 11.9 Å². The summed E-state index contributed by atoms with van der Waals surface area (Å²) in [6, 6.07) is 6.53. The number of aromatic nitrogens is 3. The van der Waals surface area contributed by atoms with E-state index in [4.69, 9.17) is 16.7 Å². The van der Waals surface area contributed by atoms with Crippen molar-refractivity contribution < 1.29 is 5.11 Å². The lowest BCUT2D eigenvalue weighted by Crippen LogP contribution is -1.95. The average Bonchev–Trinajstić information content (AvgIpc) is 2.53. The normalized spacial score (nSPS) is 10.2. The Bertz CT molecular complexity index is 410. The Kier molecular flexibility index (Phi) is 1.90. The zero-order valence-corrected chi connectivity index (χ0v) is 7.31. The third-order valence-electron chi connectivity index (χ3n) is 1.60. The van der Waals surface area contributed by atoms with E-state index in [0.29, 0.717) is 5.15 Å². The highest BCUT2D eigenvalue weighted by molar-refractivity contribution is 6.29. The summed E-state index contributed by atoms with van der Waals surface area (Å²) in [6.07, 6.45) is 1.45. The SMILES string of the molecule is Oc1ccc(-n2nncc2Cl)cc1. The zero-order chi connectivity index (χ0) is 9.26. The lowest BCUT2D eigenvalue weighted by Gasteiger charge is -2.00. The number of nitrogens with zero attached hydrogens (tertiary/aromatic N) is 3. The first-order chi connectivity index (χ1) is 6.27. The molecule has 0 radical (unpaired) electrons. The van der Waals surface area contributed by atoms with Gasteiger partial charge < -0.3 is 5.11 Å². The molecule has 0 saturated heterocycles. The number of phenols is 1. The largest absolute Gasteiger partial charge is 0.508 e. The van der Waals surface area contributed by atoms with Gasteiger partial charge in [-0.3, -0.25) is 0 Å². The van der Waals surface area contributed by atoms with Crippen LogP contribution in [0.25, 0.3) is 5.69 Å². The number of rotatable bonds is 1. The first-order valence-electron chi connectivity index (χ1n) is 3.63. The molecule has 5 heteroatoms.